The highest BCUT2D eigenvalue weighted by molar-refractivity contribution is 7.91. The SMILES string of the molecule is CCN(C(=O)COC(=O)c1cc(-c2ccc(F)cc2)nc2ccccc12)[C@@H]1CCS(=O)(=O)C1. The van der Waals surface area contributed by atoms with Crippen LogP contribution in [0.1, 0.15) is 23.7 Å². The lowest BCUT2D eigenvalue weighted by Gasteiger charge is -2.26. The van der Waals surface area contributed by atoms with Gasteiger partial charge in [0.2, 0.25) is 0 Å². The van der Waals surface area contributed by atoms with Gasteiger partial charge in [0.05, 0.1) is 28.3 Å². The van der Waals surface area contributed by atoms with Gasteiger partial charge in [0.25, 0.3) is 5.91 Å². The molecule has 1 atom stereocenters. The van der Waals surface area contributed by atoms with E-state index < -0.39 is 34.4 Å². The minimum Gasteiger partial charge on any atom is -0.452 e. The van der Waals surface area contributed by atoms with E-state index in [0.717, 1.165) is 0 Å². The molecule has 2 aromatic carbocycles. The Kier molecular flexibility index (Phi) is 6.42. The number of rotatable bonds is 6. The number of sulfone groups is 1. The molecule has 33 heavy (non-hydrogen) atoms. The van der Waals surface area contributed by atoms with E-state index in [0.29, 0.717) is 35.1 Å². The van der Waals surface area contributed by atoms with Crippen molar-refractivity contribution in [3.63, 3.8) is 0 Å². The Hall–Kier alpha value is -3.33. The monoisotopic (exact) mass is 470 g/mol. The average molecular weight is 471 g/mol. The summed E-state index contributed by atoms with van der Waals surface area (Å²) < 4.78 is 42.2. The van der Waals surface area contributed by atoms with Crippen molar-refractivity contribution in [3.05, 3.63) is 66.0 Å². The summed E-state index contributed by atoms with van der Waals surface area (Å²) in [6.45, 7) is 1.59. The van der Waals surface area contributed by atoms with Gasteiger partial charge in [0.1, 0.15) is 5.82 Å². The molecule has 0 spiro atoms. The highest BCUT2D eigenvalue weighted by Gasteiger charge is 2.34. The van der Waals surface area contributed by atoms with Crippen molar-refractivity contribution in [2.24, 2.45) is 0 Å². The van der Waals surface area contributed by atoms with E-state index in [1.165, 1.54) is 17.0 Å². The lowest BCUT2D eigenvalue weighted by atomic mass is 10.0. The van der Waals surface area contributed by atoms with Crippen LogP contribution in [0.3, 0.4) is 0 Å². The van der Waals surface area contributed by atoms with Gasteiger partial charge in [-0.15, -0.1) is 0 Å². The first-order chi connectivity index (χ1) is 15.8. The molecule has 0 unspecified atom stereocenters. The molecule has 1 saturated heterocycles. The molecule has 1 aliphatic rings. The molecule has 3 aromatic rings. The summed E-state index contributed by atoms with van der Waals surface area (Å²) in [6, 6.07) is 14.0. The van der Waals surface area contributed by atoms with E-state index in [1.54, 1.807) is 49.4 Å². The Morgan fingerprint density at radius 2 is 1.88 bits per heavy atom. The predicted molar refractivity (Wildman–Crippen MR) is 122 cm³/mol. The van der Waals surface area contributed by atoms with Crippen LogP contribution in [0.15, 0.2) is 54.6 Å². The van der Waals surface area contributed by atoms with Gasteiger partial charge in [-0.25, -0.2) is 22.6 Å². The summed E-state index contributed by atoms with van der Waals surface area (Å²) in [4.78, 5) is 31.7. The molecular formula is C24H23FN2O5S. The Bertz CT molecular complexity index is 1310. The number of aromatic nitrogens is 1. The van der Waals surface area contributed by atoms with Crippen LogP contribution in [0.25, 0.3) is 22.2 Å². The zero-order chi connectivity index (χ0) is 23.6. The van der Waals surface area contributed by atoms with Gasteiger partial charge in [0.15, 0.2) is 16.4 Å². The van der Waals surface area contributed by atoms with E-state index in [9.17, 15) is 22.4 Å². The van der Waals surface area contributed by atoms with Crippen molar-refractivity contribution < 1.29 is 27.1 Å². The normalized spacial score (nSPS) is 17.1. The van der Waals surface area contributed by atoms with Crippen molar-refractivity contribution in [1.82, 2.24) is 9.88 Å². The fraction of sp³-hybridized carbons (Fsp3) is 0.292. The van der Waals surface area contributed by atoms with E-state index >= 15 is 0 Å². The fourth-order valence-corrected chi connectivity index (χ4v) is 5.79. The Morgan fingerprint density at radius 1 is 1.15 bits per heavy atom. The molecule has 0 radical (unpaired) electrons. The molecule has 4 rings (SSSR count). The molecule has 2 heterocycles. The third-order valence-electron chi connectivity index (χ3n) is 5.71. The maximum Gasteiger partial charge on any atom is 0.339 e. The second-order valence-corrected chi connectivity index (χ2v) is 10.1. The maximum atomic E-state index is 13.3. The molecule has 0 aliphatic carbocycles. The number of hydrogen-bond acceptors (Lipinski definition) is 6. The first-order valence-corrected chi connectivity index (χ1v) is 12.4. The van der Waals surface area contributed by atoms with Crippen LogP contribution in [-0.2, 0) is 19.4 Å². The van der Waals surface area contributed by atoms with E-state index in [2.05, 4.69) is 4.98 Å². The smallest absolute Gasteiger partial charge is 0.339 e. The summed E-state index contributed by atoms with van der Waals surface area (Å²) in [5, 5.41) is 0.565. The summed E-state index contributed by atoms with van der Waals surface area (Å²) in [7, 11) is -3.15. The van der Waals surface area contributed by atoms with Gasteiger partial charge in [-0.1, -0.05) is 18.2 Å². The van der Waals surface area contributed by atoms with Gasteiger partial charge in [-0.05, 0) is 49.7 Å². The molecule has 1 fully saturated rings. The highest BCUT2D eigenvalue weighted by Crippen LogP contribution is 2.26. The van der Waals surface area contributed by atoms with Crippen LogP contribution >= 0.6 is 0 Å². The van der Waals surface area contributed by atoms with Crippen LogP contribution in [0.5, 0.6) is 0 Å². The van der Waals surface area contributed by atoms with E-state index in [1.807, 2.05) is 0 Å². The number of hydrogen-bond donors (Lipinski definition) is 0. The molecule has 0 saturated carbocycles. The van der Waals surface area contributed by atoms with Crippen LogP contribution in [0.4, 0.5) is 4.39 Å². The highest BCUT2D eigenvalue weighted by atomic mass is 32.2. The number of amides is 1. The van der Waals surface area contributed by atoms with Crippen LogP contribution in [0.2, 0.25) is 0 Å². The number of fused-ring (bicyclic) bond motifs is 1. The summed E-state index contributed by atoms with van der Waals surface area (Å²) in [5.41, 5.74) is 1.90. The standard InChI is InChI=1S/C24H23FN2O5S/c1-2-27(18-11-12-33(30,31)15-18)23(28)14-32-24(29)20-13-22(16-7-9-17(25)10-8-16)26-21-6-4-3-5-19(20)21/h3-10,13,18H,2,11-12,14-15H2,1H3/t18-/m1/s1. The minimum absolute atomic E-state index is 0.0520. The first-order valence-electron chi connectivity index (χ1n) is 10.6. The zero-order valence-corrected chi connectivity index (χ0v) is 18.8. The quantitative estimate of drug-likeness (QED) is 0.514. The third-order valence-corrected chi connectivity index (χ3v) is 7.46. The second kappa shape index (κ2) is 9.27. The zero-order valence-electron chi connectivity index (χ0n) is 18.0. The van der Waals surface area contributed by atoms with E-state index in [-0.39, 0.29) is 22.9 Å². The number of halogens is 1. The number of pyridine rings is 1. The Morgan fingerprint density at radius 3 is 2.55 bits per heavy atom. The van der Waals surface area contributed by atoms with Crippen molar-refractivity contribution in [2.75, 3.05) is 24.7 Å². The van der Waals surface area contributed by atoms with Crippen LogP contribution in [-0.4, -0.2) is 60.9 Å². The van der Waals surface area contributed by atoms with E-state index in [4.69, 9.17) is 4.74 Å². The molecular weight excluding hydrogens is 447 g/mol. The van der Waals surface area contributed by atoms with Gasteiger partial charge in [-0.2, -0.15) is 0 Å². The van der Waals surface area contributed by atoms with Crippen LogP contribution < -0.4 is 0 Å². The maximum absolute atomic E-state index is 13.3. The van der Waals surface area contributed by atoms with Crippen molar-refractivity contribution in [1.29, 1.82) is 0 Å². The molecule has 1 aromatic heterocycles. The largest absolute Gasteiger partial charge is 0.452 e. The Balaban J connectivity index is 1.56. The molecule has 0 N–H and O–H groups in total. The number of carbonyl (C=O) groups excluding carboxylic acids is 2. The molecule has 7 nitrogen and oxygen atoms in total. The average Bonchev–Trinajstić information content (AvgIpc) is 3.16. The first kappa shape index (κ1) is 22.8. The van der Waals surface area contributed by atoms with Gasteiger partial charge >= 0.3 is 5.97 Å². The third kappa shape index (κ3) is 5.03. The van der Waals surface area contributed by atoms with Gasteiger partial charge in [0, 0.05) is 23.5 Å². The number of likely N-dealkylation sites (N-methyl/N-ethyl adjacent to an activating group) is 1. The number of para-hydroxylation sites is 1. The van der Waals surface area contributed by atoms with Crippen molar-refractivity contribution in [3.8, 4) is 11.3 Å². The number of ether oxygens (including phenoxy) is 1. The Labute approximate surface area is 191 Å². The molecule has 9 heteroatoms. The lowest BCUT2D eigenvalue weighted by molar-refractivity contribution is -0.136. The molecule has 1 aliphatic heterocycles. The lowest BCUT2D eigenvalue weighted by Crippen LogP contribution is -2.43. The van der Waals surface area contributed by atoms with Crippen molar-refractivity contribution >= 4 is 32.6 Å². The van der Waals surface area contributed by atoms with Crippen LogP contribution in [0, 0.1) is 5.82 Å². The molecule has 1 amide bonds. The number of benzene rings is 2. The fourth-order valence-electron chi connectivity index (χ4n) is 4.06. The topological polar surface area (TPSA) is 93.6 Å². The van der Waals surface area contributed by atoms with Crippen molar-refractivity contribution in [2.45, 2.75) is 19.4 Å². The molecule has 0 bridgehead atoms. The number of carbonyl (C=O) groups is 2. The summed E-state index contributed by atoms with van der Waals surface area (Å²) in [5.74, 6) is -1.54. The van der Waals surface area contributed by atoms with Gasteiger partial charge < -0.3 is 9.64 Å². The summed E-state index contributed by atoms with van der Waals surface area (Å²) in [6.07, 6.45) is 0.381. The second-order valence-electron chi connectivity index (χ2n) is 7.89. The molecule has 172 valence electrons. The minimum atomic E-state index is -3.15. The van der Waals surface area contributed by atoms with Gasteiger partial charge in [-0.3, -0.25) is 4.79 Å². The predicted octanol–water partition coefficient (Wildman–Crippen LogP) is 3.23. The summed E-state index contributed by atoms with van der Waals surface area (Å²) >= 11 is 0. The number of nitrogens with zero attached hydrogens (tertiary/aromatic N) is 2. The number of esters is 1.